The summed E-state index contributed by atoms with van der Waals surface area (Å²) in [5.41, 5.74) is 0.757. The van der Waals surface area contributed by atoms with Gasteiger partial charge in [0, 0.05) is 21.9 Å². The molecule has 0 aromatic heterocycles. The maximum atomic E-state index is 12.7. The van der Waals surface area contributed by atoms with Crippen LogP contribution >= 0.6 is 11.8 Å². The van der Waals surface area contributed by atoms with Crippen molar-refractivity contribution in [2.24, 2.45) is 0 Å². The van der Waals surface area contributed by atoms with Gasteiger partial charge >= 0.3 is 0 Å². The zero-order valence-corrected chi connectivity index (χ0v) is 14.1. The first-order valence-corrected chi connectivity index (χ1v) is 8.90. The molecule has 3 rings (SSSR count). The Hall–Kier alpha value is -1.78. The van der Waals surface area contributed by atoms with Crippen LogP contribution in [-0.4, -0.2) is 24.5 Å². The molecule has 1 saturated heterocycles. The molecule has 2 aromatic rings. The van der Waals surface area contributed by atoms with Gasteiger partial charge in [-0.2, -0.15) is 0 Å². The zero-order chi connectivity index (χ0) is 16.1. The Bertz CT molecular complexity index is 659. The number of carbonyl (C=O) groups is 1. The second-order valence-corrected chi connectivity index (χ2v) is 7.08. The van der Waals surface area contributed by atoms with Crippen molar-refractivity contribution < 1.29 is 4.79 Å². The first-order valence-electron chi connectivity index (χ1n) is 8.08. The molecule has 1 amide bonds. The highest BCUT2D eigenvalue weighted by molar-refractivity contribution is 7.99. The SMILES string of the molecule is CC1CC(NC(=O)c2ccccc2Sc2ccccc2)CCN1. The van der Waals surface area contributed by atoms with Crippen molar-refractivity contribution in [1.82, 2.24) is 10.6 Å². The van der Waals surface area contributed by atoms with Gasteiger partial charge in [-0.25, -0.2) is 0 Å². The zero-order valence-electron chi connectivity index (χ0n) is 13.3. The molecule has 2 aromatic carbocycles. The lowest BCUT2D eigenvalue weighted by atomic mass is 10.0. The summed E-state index contributed by atoms with van der Waals surface area (Å²) in [6, 6.07) is 18.7. The molecular formula is C19H22N2OS. The monoisotopic (exact) mass is 326 g/mol. The van der Waals surface area contributed by atoms with Gasteiger partial charge in [0.1, 0.15) is 0 Å². The fourth-order valence-corrected chi connectivity index (χ4v) is 3.85. The van der Waals surface area contributed by atoms with E-state index in [0.29, 0.717) is 6.04 Å². The molecule has 2 N–H and O–H groups in total. The van der Waals surface area contributed by atoms with Gasteiger partial charge in [0.05, 0.1) is 5.56 Å². The van der Waals surface area contributed by atoms with Gasteiger partial charge in [-0.3, -0.25) is 4.79 Å². The Balaban J connectivity index is 1.73. The summed E-state index contributed by atoms with van der Waals surface area (Å²) >= 11 is 1.63. The number of hydrogen-bond acceptors (Lipinski definition) is 3. The second kappa shape index (κ2) is 7.66. The molecule has 0 spiro atoms. The van der Waals surface area contributed by atoms with Crippen LogP contribution in [0.5, 0.6) is 0 Å². The third-order valence-electron chi connectivity index (χ3n) is 4.06. The summed E-state index contributed by atoms with van der Waals surface area (Å²) in [7, 11) is 0. The van der Waals surface area contributed by atoms with Gasteiger partial charge in [-0.05, 0) is 50.6 Å². The molecule has 1 heterocycles. The predicted molar refractivity (Wildman–Crippen MR) is 95.0 cm³/mol. The van der Waals surface area contributed by atoms with E-state index in [2.05, 4.69) is 29.7 Å². The molecule has 120 valence electrons. The maximum Gasteiger partial charge on any atom is 0.252 e. The standard InChI is InChI=1S/C19H22N2OS/c1-14-13-15(11-12-20-14)21-19(22)17-9-5-6-10-18(17)23-16-7-3-2-4-8-16/h2-10,14-15,20H,11-13H2,1H3,(H,21,22). The van der Waals surface area contributed by atoms with Gasteiger partial charge in [0.2, 0.25) is 0 Å². The lowest BCUT2D eigenvalue weighted by Gasteiger charge is -2.28. The van der Waals surface area contributed by atoms with Crippen molar-refractivity contribution in [3.63, 3.8) is 0 Å². The molecule has 0 saturated carbocycles. The fraction of sp³-hybridized carbons (Fsp3) is 0.316. The minimum absolute atomic E-state index is 0.0307. The van der Waals surface area contributed by atoms with E-state index < -0.39 is 0 Å². The molecule has 23 heavy (non-hydrogen) atoms. The van der Waals surface area contributed by atoms with Crippen molar-refractivity contribution in [2.75, 3.05) is 6.54 Å². The normalized spacial score (nSPS) is 20.9. The quantitative estimate of drug-likeness (QED) is 0.900. The molecular weight excluding hydrogens is 304 g/mol. The van der Waals surface area contributed by atoms with E-state index in [9.17, 15) is 4.79 Å². The Morgan fingerprint density at radius 2 is 1.87 bits per heavy atom. The minimum Gasteiger partial charge on any atom is -0.349 e. The molecule has 0 bridgehead atoms. The van der Waals surface area contributed by atoms with Crippen LogP contribution in [0.3, 0.4) is 0 Å². The van der Waals surface area contributed by atoms with Crippen LogP contribution in [-0.2, 0) is 0 Å². The largest absolute Gasteiger partial charge is 0.349 e. The summed E-state index contributed by atoms with van der Waals surface area (Å²) in [6.45, 7) is 3.13. The predicted octanol–water partition coefficient (Wildman–Crippen LogP) is 3.71. The number of piperidine rings is 1. The van der Waals surface area contributed by atoms with Crippen molar-refractivity contribution in [2.45, 2.75) is 41.6 Å². The molecule has 2 unspecified atom stereocenters. The number of hydrogen-bond donors (Lipinski definition) is 2. The molecule has 0 aliphatic carbocycles. The molecule has 4 heteroatoms. The first-order chi connectivity index (χ1) is 11.2. The van der Waals surface area contributed by atoms with Crippen LogP contribution in [0, 0.1) is 0 Å². The molecule has 0 radical (unpaired) electrons. The smallest absolute Gasteiger partial charge is 0.252 e. The topological polar surface area (TPSA) is 41.1 Å². The number of carbonyl (C=O) groups excluding carboxylic acids is 1. The number of amides is 1. The highest BCUT2D eigenvalue weighted by Crippen LogP contribution is 2.30. The number of nitrogens with one attached hydrogen (secondary N) is 2. The second-order valence-electron chi connectivity index (χ2n) is 5.96. The van der Waals surface area contributed by atoms with Crippen molar-refractivity contribution >= 4 is 17.7 Å². The Morgan fingerprint density at radius 1 is 1.13 bits per heavy atom. The summed E-state index contributed by atoms with van der Waals surface area (Å²) in [5.74, 6) is 0.0307. The average molecular weight is 326 g/mol. The minimum atomic E-state index is 0.0307. The van der Waals surface area contributed by atoms with E-state index in [-0.39, 0.29) is 11.9 Å². The summed E-state index contributed by atoms with van der Waals surface area (Å²) < 4.78 is 0. The van der Waals surface area contributed by atoms with Crippen LogP contribution in [0.1, 0.15) is 30.1 Å². The highest BCUT2D eigenvalue weighted by Gasteiger charge is 2.21. The van der Waals surface area contributed by atoms with Crippen LogP contribution in [0.2, 0.25) is 0 Å². The van der Waals surface area contributed by atoms with E-state index in [0.717, 1.165) is 34.7 Å². The molecule has 1 aliphatic rings. The van der Waals surface area contributed by atoms with E-state index in [4.69, 9.17) is 0 Å². The Labute approximate surface area is 141 Å². The van der Waals surface area contributed by atoms with Crippen molar-refractivity contribution in [1.29, 1.82) is 0 Å². The van der Waals surface area contributed by atoms with Gasteiger partial charge in [-0.15, -0.1) is 0 Å². The van der Waals surface area contributed by atoms with E-state index in [1.807, 2.05) is 42.5 Å². The lowest BCUT2D eigenvalue weighted by Crippen LogP contribution is -2.46. The average Bonchev–Trinajstić information content (AvgIpc) is 2.56. The Morgan fingerprint density at radius 3 is 2.65 bits per heavy atom. The van der Waals surface area contributed by atoms with Gasteiger partial charge in [0.25, 0.3) is 5.91 Å². The van der Waals surface area contributed by atoms with Crippen LogP contribution < -0.4 is 10.6 Å². The first kappa shape index (κ1) is 16.1. The van der Waals surface area contributed by atoms with Crippen molar-refractivity contribution in [3.8, 4) is 0 Å². The van der Waals surface area contributed by atoms with Crippen LogP contribution in [0.25, 0.3) is 0 Å². The summed E-state index contributed by atoms with van der Waals surface area (Å²) in [4.78, 5) is 14.8. The third kappa shape index (κ3) is 4.36. The van der Waals surface area contributed by atoms with Crippen molar-refractivity contribution in [3.05, 3.63) is 60.2 Å². The molecule has 1 fully saturated rings. The van der Waals surface area contributed by atoms with E-state index >= 15 is 0 Å². The van der Waals surface area contributed by atoms with Gasteiger partial charge in [-0.1, -0.05) is 42.1 Å². The highest BCUT2D eigenvalue weighted by atomic mass is 32.2. The van der Waals surface area contributed by atoms with E-state index in [1.54, 1.807) is 11.8 Å². The Kier molecular flexibility index (Phi) is 5.36. The van der Waals surface area contributed by atoms with E-state index in [1.165, 1.54) is 0 Å². The van der Waals surface area contributed by atoms with Gasteiger partial charge in [0.15, 0.2) is 0 Å². The molecule has 2 atom stereocenters. The maximum absolute atomic E-state index is 12.7. The van der Waals surface area contributed by atoms with Crippen LogP contribution in [0.15, 0.2) is 64.4 Å². The number of rotatable bonds is 4. The summed E-state index contributed by atoms with van der Waals surface area (Å²) in [6.07, 6.45) is 1.98. The molecule has 3 nitrogen and oxygen atoms in total. The third-order valence-corrected chi connectivity index (χ3v) is 5.15. The fourth-order valence-electron chi connectivity index (χ4n) is 2.88. The van der Waals surface area contributed by atoms with Crippen LogP contribution in [0.4, 0.5) is 0 Å². The van der Waals surface area contributed by atoms with Gasteiger partial charge < -0.3 is 10.6 Å². The lowest BCUT2D eigenvalue weighted by molar-refractivity contribution is 0.0922. The molecule has 1 aliphatic heterocycles. The number of benzene rings is 2. The summed E-state index contributed by atoms with van der Waals surface area (Å²) in [5, 5.41) is 6.61.